The molecule has 2 amide bonds. The van der Waals surface area contributed by atoms with E-state index in [1.165, 1.54) is 0 Å². The molecular formula is C19H23N5O3. The number of aromatic nitrogens is 3. The Hall–Kier alpha value is -2.64. The molecule has 3 aliphatic rings. The summed E-state index contributed by atoms with van der Waals surface area (Å²) < 4.78 is 5.14. The Morgan fingerprint density at radius 3 is 2.70 bits per heavy atom. The van der Waals surface area contributed by atoms with Gasteiger partial charge in [-0.15, -0.1) is 0 Å². The van der Waals surface area contributed by atoms with E-state index >= 15 is 0 Å². The van der Waals surface area contributed by atoms with Crippen LogP contribution in [0.15, 0.2) is 16.9 Å². The van der Waals surface area contributed by atoms with Crippen molar-refractivity contribution in [3.8, 4) is 0 Å². The van der Waals surface area contributed by atoms with E-state index in [1.807, 2.05) is 0 Å². The lowest BCUT2D eigenvalue weighted by molar-refractivity contribution is -0.143. The number of imidazole rings is 1. The molecule has 2 aromatic rings. The van der Waals surface area contributed by atoms with Crippen molar-refractivity contribution in [3.05, 3.63) is 35.2 Å². The number of carbonyl (C=O) groups is 2. The number of nitrogens with one attached hydrogen (secondary N) is 1. The second kappa shape index (κ2) is 5.94. The van der Waals surface area contributed by atoms with E-state index in [0.29, 0.717) is 31.6 Å². The Bertz CT molecular complexity index is 889. The number of hydrogen-bond acceptors (Lipinski definition) is 5. The SMILES string of the molecule is Cc1cc(C(=O)N2CCC3(CC2)c2nc[nH]c2CCN3C(=O)C2CC2)on1. The molecule has 5 rings (SSSR count). The van der Waals surface area contributed by atoms with Gasteiger partial charge in [-0.1, -0.05) is 5.16 Å². The van der Waals surface area contributed by atoms with Gasteiger partial charge in [-0.3, -0.25) is 9.59 Å². The van der Waals surface area contributed by atoms with Gasteiger partial charge >= 0.3 is 0 Å². The van der Waals surface area contributed by atoms with Crippen LogP contribution in [0.25, 0.3) is 0 Å². The van der Waals surface area contributed by atoms with Gasteiger partial charge in [0, 0.05) is 43.7 Å². The summed E-state index contributed by atoms with van der Waals surface area (Å²) in [5.74, 6) is 0.579. The number of aromatic amines is 1. The van der Waals surface area contributed by atoms with Crippen LogP contribution in [0, 0.1) is 12.8 Å². The summed E-state index contributed by atoms with van der Waals surface area (Å²) in [5, 5.41) is 3.81. The van der Waals surface area contributed by atoms with Crippen molar-refractivity contribution in [2.24, 2.45) is 5.92 Å². The summed E-state index contributed by atoms with van der Waals surface area (Å²) in [4.78, 5) is 37.4. The molecule has 0 bridgehead atoms. The molecule has 0 aromatic carbocycles. The number of nitrogens with zero attached hydrogens (tertiary/aromatic N) is 4. The first kappa shape index (κ1) is 16.5. The second-order valence-electron chi connectivity index (χ2n) is 7.90. The molecule has 27 heavy (non-hydrogen) atoms. The normalized spacial score (nSPS) is 21.4. The zero-order chi connectivity index (χ0) is 18.6. The van der Waals surface area contributed by atoms with E-state index in [2.05, 4.69) is 20.0 Å². The first-order valence-corrected chi connectivity index (χ1v) is 9.65. The number of H-pyrrole nitrogens is 1. The fourth-order valence-corrected chi connectivity index (χ4v) is 4.56. The van der Waals surface area contributed by atoms with Crippen LogP contribution in [-0.2, 0) is 16.8 Å². The zero-order valence-electron chi connectivity index (χ0n) is 15.4. The second-order valence-corrected chi connectivity index (χ2v) is 7.90. The van der Waals surface area contributed by atoms with Crippen LogP contribution in [0.2, 0.25) is 0 Å². The molecule has 2 aromatic heterocycles. The van der Waals surface area contributed by atoms with Crippen molar-refractivity contribution in [3.63, 3.8) is 0 Å². The lowest BCUT2D eigenvalue weighted by atomic mass is 9.78. The first-order valence-electron chi connectivity index (χ1n) is 9.65. The number of carbonyl (C=O) groups excluding carboxylic acids is 2. The van der Waals surface area contributed by atoms with Gasteiger partial charge in [-0.05, 0) is 32.6 Å². The minimum Gasteiger partial charge on any atom is -0.351 e. The molecule has 1 N–H and O–H groups in total. The Labute approximate surface area is 156 Å². The van der Waals surface area contributed by atoms with Gasteiger partial charge in [0.05, 0.1) is 23.3 Å². The summed E-state index contributed by atoms with van der Waals surface area (Å²) in [5.41, 5.74) is 2.41. The van der Waals surface area contributed by atoms with Crippen molar-refractivity contribution in [2.45, 2.75) is 44.6 Å². The Morgan fingerprint density at radius 1 is 1.26 bits per heavy atom. The molecule has 8 nitrogen and oxygen atoms in total. The van der Waals surface area contributed by atoms with E-state index in [0.717, 1.165) is 37.2 Å². The summed E-state index contributed by atoms with van der Waals surface area (Å²) in [6.07, 6.45) is 5.93. The van der Waals surface area contributed by atoms with E-state index in [-0.39, 0.29) is 23.5 Å². The fourth-order valence-electron chi connectivity index (χ4n) is 4.56. The van der Waals surface area contributed by atoms with Gasteiger partial charge in [-0.25, -0.2) is 4.98 Å². The highest BCUT2D eigenvalue weighted by atomic mass is 16.5. The predicted molar refractivity (Wildman–Crippen MR) is 94.8 cm³/mol. The number of aryl methyl sites for hydroxylation is 1. The fraction of sp³-hybridized carbons (Fsp3) is 0.579. The van der Waals surface area contributed by atoms with Gasteiger partial charge in [0.25, 0.3) is 5.91 Å². The molecule has 2 fully saturated rings. The molecule has 0 radical (unpaired) electrons. The average molecular weight is 369 g/mol. The molecule has 0 unspecified atom stereocenters. The topological polar surface area (TPSA) is 95.3 Å². The van der Waals surface area contributed by atoms with E-state index < -0.39 is 5.54 Å². The lowest BCUT2D eigenvalue weighted by Crippen LogP contribution is -2.59. The Morgan fingerprint density at radius 2 is 2.04 bits per heavy atom. The van der Waals surface area contributed by atoms with Crippen LogP contribution in [0.1, 0.15) is 53.3 Å². The van der Waals surface area contributed by atoms with E-state index in [4.69, 9.17) is 4.52 Å². The van der Waals surface area contributed by atoms with Crippen LogP contribution in [0.4, 0.5) is 0 Å². The predicted octanol–water partition coefficient (Wildman–Crippen LogP) is 1.63. The monoisotopic (exact) mass is 369 g/mol. The minimum absolute atomic E-state index is 0.136. The number of piperidine rings is 1. The summed E-state index contributed by atoms with van der Waals surface area (Å²) in [6, 6.07) is 1.67. The Kier molecular flexibility index (Phi) is 3.63. The number of fused-ring (bicyclic) bond motifs is 2. The van der Waals surface area contributed by atoms with Crippen molar-refractivity contribution in [1.29, 1.82) is 0 Å². The summed E-state index contributed by atoms with van der Waals surface area (Å²) >= 11 is 0. The van der Waals surface area contributed by atoms with Crippen molar-refractivity contribution >= 4 is 11.8 Å². The Balaban J connectivity index is 1.41. The number of likely N-dealkylation sites (tertiary alicyclic amines) is 1. The average Bonchev–Trinajstić information content (AvgIpc) is 3.25. The third-order valence-electron chi connectivity index (χ3n) is 6.17. The van der Waals surface area contributed by atoms with Crippen molar-refractivity contribution < 1.29 is 14.1 Å². The molecular weight excluding hydrogens is 346 g/mol. The maximum Gasteiger partial charge on any atom is 0.292 e. The van der Waals surface area contributed by atoms with Gasteiger partial charge in [-0.2, -0.15) is 0 Å². The van der Waals surface area contributed by atoms with Gasteiger partial charge in [0.15, 0.2) is 0 Å². The van der Waals surface area contributed by atoms with Gasteiger partial charge < -0.3 is 19.3 Å². The maximum atomic E-state index is 13.0. The van der Waals surface area contributed by atoms with Gasteiger partial charge in [0.1, 0.15) is 0 Å². The molecule has 0 atom stereocenters. The quantitative estimate of drug-likeness (QED) is 0.868. The number of hydrogen-bond donors (Lipinski definition) is 1. The zero-order valence-corrected chi connectivity index (χ0v) is 15.4. The molecule has 1 spiro atoms. The van der Waals surface area contributed by atoms with Crippen molar-refractivity contribution in [1.82, 2.24) is 24.9 Å². The highest BCUT2D eigenvalue weighted by Gasteiger charge is 2.51. The van der Waals surface area contributed by atoms with Crippen LogP contribution >= 0.6 is 0 Å². The number of rotatable bonds is 2. The lowest BCUT2D eigenvalue weighted by Gasteiger charge is -2.50. The van der Waals surface area contributed by atoms with Crippen molar-refractivity contribution in [2.75, 3.05) is 19.6 Å². The van der Waals surface area contributed by atoms with E-state index in [9.17, 15) is 9.59 Å². The molecule has 2 aliphatic heterocycles. The van der Waals surface area contributed by atoms with E-state index in [1.54, 1.807) is 24.2 Å². The summed E-state index contributed by atoms with van der Waals surface area (Å²) in [6.45, 7) is 3.66. The molecule has 4 heterocycles. The first-order chi connectivity index (χ1) is 13.1. The van der Waals surface area contributed by atoms with Crippen LogP contribution in [0.3, 0.4) is 0 Å². The van der Waals surface area contributed by atoms with Crippen LogP contribution in [0.5, 0.6) is 0 Å². The van der Waals surface area contributed by atoms with Crippen LogP contribution in [-0.4, -0.2) is 56.4 Å². The standard InChI is InChI=1S/C19H23N5O3/c1-12-10-15(27-22-12)18(26)23-8-5-19(6-9-23)16-14(20-11-21-16)4-7-24(19)17(25)13-2-3-13/h10-11,13H,2-9H2,1H3,(H,20,21). The highest BCUT2D eigenvalue weighted by Crippen LogP contribution is 2.45. The van der Waals surface area contributed by atoms with Gasteiger partial charge in [0.2, 0.25) is 11.7 Å². The third-order valence-corrected chi connectivity index (χ3v) is 6.17. The smallest absolute Gasteiger partial charge is 0.292 e. The maximum absolute atomic E-state index is 13.0. The minimum atomic E-state index is -0.401. The third kappa shape index (κ3) is 2.57. The number of amides is 2. The molecule has 8 heteroatoms. The molecule has 1 saturated carbocycles. The van der Waals surface area contributed by atoms with Crippen LogP contribution < -0.4 is 0 Å². The molecule has 142 valence electrons. The molecule has 1 aliphatic carbocycles. The highest BCUT2D eigenvalue weighted by molar-refractivity contribution is 5.91. The summed E-state index contributed by atoms with van der Waals surface area (Å²) in [7, 11) is 0. The largest absolute Gasteiger partial charge is 0.351 e. The molecule has 1 saturated heterocycles.